The minimum atomic E-state index is 0.186. The molecule has 0 fully saturated rings. The van der Waals surface area contributed by atoms with Gasteiger partial charge in [0.25, 0.3) is 0 Å². The lowest BCUT2D eigenvalue weighted by Crippen LogP contribution is -2.10. The molecule has 10 nitrogen and oxygen atoms in total. The van der Waals surface area contributed by atoms with Crippen LogP contribution >= 0.6 is 0 Å². The van der Waals surface area contributed by atoms with Gasteiger partial charge in [0, 0.05) is 49.4 Å². The highest BCUT2D eigenvalue weighted by Crippen LogP contribution is 2.28. The maximum atomic E-state index is 11.3. The molecular formula is C23H27N7O3. The van der Waals surface area contributed by atoms with Crippen molar-refractivity contribution in [2.45, 2.75) is 13.8 Å². The SMILES string of the molecule is COc1cc(OC)cc(C(C)=N/C(=C\N(C)C=O)c2nc(-c3cn(C)nc3C)cnc2N)c1. The average molecular weight is 450 g/mol. The molecule has 1 aromatic carbocycles. The van der Waals surface area contributed by atoms with Gasteiger partial charge in [0.1, 0.15) is 22.9 Å². The second kappa shape index (κ2) is 9.94. The molecule has 0 radical (unpaired) electrons. The third kappa shape index (κ3) is 5.35. The molecule has 33 heavy (non-hydrogen) atoms. The highest BCUT2D eigenvalue weighted by Gasteiger charge is 2.16. The first-order valence-electron chi connectivity index (χ1n) is 10.1. The minimum absolute atomic E-state index is 0.186. The first kappa shape index (κ1) is 23.5. The topological polar surface area (TPSA) is 121 Å². The van der Waals surface area contributed by atoms with Crippen LogP contribution in [-0.2, 0) is 11.8 Å². The normalized spacial score (nSPS) is 11.9. The Balaban J connectivity index is 2.15. The lowest BCUT2D eigenvalue weighted by atomic mass is 10.1. The predicted octanol–water partition coefficient (Wildman–Crippen LogP) is 2.68. The standard InChI is InChI=1S/C23H27N7O3/c1-14(16-7-17(32-5)9-18(8-16)33-6)26-21(12-29(3)13-31)22-23(24)25-10-20(27-22)19-11-30(4)28-15(19)2/h7-13H,1-6H3,(H2,24,25)/b21-12-,26-14?. The van der Waals surface area contributed by atoms with E-state index in [0.29, 0.717) is 40.7 Å². The lowest BCUT2D eigenvalue weighted by molar-refractivity contribution is -0.114. The van der Waals surface area contributed by atoms with Crippen LogP contribution in [0.3, 0.4) is 0 Å². The van der Waals surface area contributed by atoms with Crippen LogP contribution in [0.5, 0.6) is 11.5 Å². The highest BCUT2D eigenvalue weighted by atomic mass is 16.5. The number of benzene rings is 1. The largest absolute Gasteiger partial charge is 0.497 e. The number of hydrogen-bond donors (Lipinski definition) is 1. The number of anilines is 1. The predicted molar refractivity (Wildman–Crippen MR) is 127 cm³/mol. The van der Waals surface area contributed by atoms with Crippen LogP contribution in [0.2, 0.25) is 0 Å². The lowest BCUT2D eigenvalue weighted by Gasteiger charge is -2.12. The third-order valence-corrected chi connectivity index (χ3v) is 4.88. The Kier molecular flexibility index (Phi) is 7.07. The van der Waals surface area contributed by atoms with Crippen molar-refractivity contribution in [1.29, 1.82) is 0 Å². The van der Waals surface area contributed by atoms with E-state index in [1.807, 2.05) is 39.2 Å². The number of methoxy groups -OCH3 is 2. The number of nitrogen functional groups attached to an aromatic ring is 1. The van der Waals surface area contributed by atoms with Crippen molar-refractivity contribution in [3.63, 3.8) is 0 Å². The van der Waals surface area contributed by atoms with Gasteiger partial charge in [-0.05, 0) is 26.0 Å². The van der Waals surface area contributed by atoms with E-state index in [2.05, 4.69) is 10.1 Å². The fraction of sp³-hybridized carbons (Fsp3) is 0.261. The molecule has 0 saturated carbocycles. The van der Waals surface area contributed by atoms with Crippen molar-refractivity contribution >= 4 is 23.6 Å². The van der Waals surface area contributed by atoms with E-state index in [9.17, 15) is 4.79 Å². The monoisotopic (exact) mass is 449 g/mol. The number of carbonyl (C=O) groups excluding carboxylic acids is 1. The van der Waals surface area contributed by atoms with Gasteiger partial charge in [0.2, 0.25) is 6.41 Å². The molecule has 3 aromatic rings. The summed E-state index contributed by atoms with van der Waals surface area (Å²) >= 11 is 0. The van der Waals surface area contributed by atoms with Gasteiger partial charge in [0.05, 0.1) is 31.8 Å². The molecule has 0 aliphatic rings. The van der Waals surface area contributed by atoms with E-state index in [1.54, 1.807) is 44.4 Å². The number of aryl methyl sites for hydroxylation is 2. The van der Waals surface area contributed by atoms with Gasteiger partial charge in [-0.15, -0.1) is 0 Å². The number of ether oxygens (including phenoxy) is 2. The fourth-order valence-corrected chi connectivity index (χ4v) is 3.20. The van der Waals surface area contributed by atoms with Crippen molar-refractivity contribution in [1.82, 2.24) is 24.6 Å². The van der Waals surface area contributed by atoms with Gasteiger partial charge in [0.15, 0.2) is 5.82 Å². The van der Waals surface area contributed by atoms with Crippen LogP contribution in [0.25, 0.3) is 17.0 Å². The number of carbonyl (C=O) groups is 1. The van der Waals surface area contributed by atoms with E-state index in [1.165, 1.54) is 4.90 Å². The van der Waals surface area contributed by atoms with Gasteiger partial charge in [-0.25, -0.2) is 15.0 Å². The van der Waals surface area contributed by atoms with E-state index in [4.69, 9.17) is 25.2 Å². The van der Waals surface area contributed by atoms with Gasteiger partial charge >= 0.3 is 0 Å². The summed E-state index contributed by atoms with van der Waals surface area (Å²) < 4.78 is 12.4. The Bertz CT molecular complexity index is 1210. The summed E-state index contributed by atoms with van der Waals surface area (Å²) in [5.41, 5.74) is 10.5. The second-order valence-electron chi connectivity index (χ2n) is 7.37. The first-order valence-corrected chi connectivity index (χ1v) is 10.1. The fourth-order valence-electron chi connectivity index (χ4n) is 3.20. The van der Waals surface area contributed by atoms with E-state index >= 15 is 0 Å². The molecule has 1 amide bonds. The van der Waals surface area contributed by atoms with Crippen LogP contribution in [0.1, 0.15) is 23.9 Å². The highest BCUT2D eigenvalue weighted by molar-refractivity contribution is 6.02. The zero-order chi connectivity index (χ0) is 24.1. The van der Waals surface area contributed by atoms with Crippen LogP contribution in [-0.4, -0.2) is 58.0 Å². The molecular weight excluding hydrogens is 422 g/mol. The van der Waals surface area contributed by atoms with Crippen LogP contribution in [0.4, 0.5) is 5.82 Å². The van der Waals surface area contributed by atoms with Crippen LogP contribution < -0.4 is 15.2 Å². The van der Waals surface area contributed by atoms with E-state index < -0.39 is 0 Å². The van der Waals surface area contributed by atoms with Crippen molar-refractivity contribution in [2.24, 2.45) is 12.0 Å². The quantitative estimate of drug-likeness (QED) is 0.414. The van der Waals surface area contributed by atoms with Gasteiger partial charge in [-0.1, -0.05) is 0 Å². The number of rotatable bonds is 8. The summed E-state index contributed by atoms with van der Waals surface area (Å²) in [5, 5.41) is 4.36. The molecule has 0 atom stereocenters. The Morgan fingerprint density at radius 2 is 1.88 bits per heavy atom. The molecule has 0 spiro atoms. The molecule has 2 heterocycles. The average Bonchev–Trinajstić information content (AvgIpc) is 3.15. The molecule has 3 rings (SSSR count). The Labute approximate surface area is 192 Å². The van der Waals surface area contributed by atoms with Gasteiger partial charge < -0.3 is 20.1 Å². The van der Waals surface area contributed by atoms with Crippen molar-refractivity contribution in [3.05, 3.63) is 53.7 Å². The molecule has 10 heteroatoms. The summed E-state index contributed by atoms with van der Waals surface area (Å²) in [6.07, 6.45) is 5.66. The maximum absolute atomic E-state index is 11.3. The second-order valence-corrected chi connectivity index (χ2v) is 7.37. The third-order valence-electron chi connectivity index (χ3n) is 4.88. The summed E-state index contributed by atoms with van der Waals surface area (Å²) in [6, 6.07) is 5.45. The number of hydrogen-bond acceptors (Lipinski definition) is 8. The van der Waals surface area contributed by atoms with E-state index in [-0.39, 0.29) is 5.82 Å². The number of aromatic nitrogens is 4. The zero-order valence-corrected chi connectivity index (χ0v) is 19.5. The number of nitrogens with zero attached hydrogens (tertiary/aromatic N) is 6. The zero-order valence-electron chi connectivity index (χ0n) is 19.5. The summed E-state index contributed by atoms with van der Waals surface area (Å²) in [4.78, 5) is 26.4. The number of nitrogens with two attached hydrogens (primary N) is 1. The van der Waals surface area contributed by atoms with Crippen molar-refractivity contribution < 1.29 is 14.3 Å². The van der Waals surface area contributed by atoms with Crippen LogP contribution in [0.15, 0.2) is 41.8 Å². The molecule has 0 bridgehead atoms. The molecule has 0 aliphatic carbocycles. The van der Waals surface area contributed by atoms with Gasteiger partial charge in [-0.3, -0.25) is 9.48 Å². The molecule has 2 aromatic heterocycles. The number of amides is 1. The summed E-state index contributed by atoms with van der Waals surface area (Å²) in [5.74, 6) is 1.44. The van der Waals surface area contributed by atoms with E-state index in [0.717, 1.165) is 16.8 Å². The Hall–Kier alpha value is -4.21. The molecule has 2 N–H and O–H groups in total. The molecule has 0 saturated heterocycles. The maximum Gasteiger partial charge on any atom is 0.213 e. The van der Waals surface area contributed by atoms with Crippen molar-refractivity contribution in [3.8, 4) is 22.8 Å². The minimum Gasteiger partial charge on any atom is -0.497 e. The Morgan fingerprint density at radius 1 is 1.21 bits per heavy atom. The van der Waals surface area contributed by atoms with Gasteiger partial charge in [-0.2, -0.15) is 5.10 Å². The molecule has 0 unspecified atom stereocenters. The Morgan fingerprint density at radius 3 is 2.42 bits per heavy atom. The van der Waals surface area contributed by atoms with Crippen molar-refractivity contribution in [2.75, 3.05) is 27.0 Å². The summed E-state index contributed by atoms with van der Waals surface area (Å²) in [6.45, 7) is 3.73. The summed E-state index contributed by atoms with van der Waals surface area (Å²) in [7, 11) is 6.60. The first-order chi connectivity index (χ1) is 15.7. The smallest absolute Gasteiger partial charge is 0.213 e. The van der Waals surface area contributed by atoms with Crippen LogP contribution in [0, 0.1) is 6.92 Å². The number of aliphatic imine (C=N–C) groups is 1. The molecule has 0 aliphatic heterocycles. The molecule has 172 valence electrons.